The fraction of sp³-hybridized carbons (Fsp3) is 0.100. The summed E-state index contributed by atoms with van der Waals surface area (Å²) in [5.74, 6) is -0.357. The molecule has 0 unspecified atom stereocenters. The maximum Gasteiger partial charge on any atom is 0.165 e. The van der Waals surface area contributed by atoms with E-state index in [0.29, 0.717) is 5.56 Å². The van der Waals surface area contributed by atoms with Gasteiger partial charge in [-0.1, -0.05) is 11.6 Å². The van der Waals surface area contributed by atoms with Crippen LogP contribution in [0, 0.1) is 17.1 Å². The molecule has 14 heavy (non-hydrogen) atoms. The molecule has 0 heterocycles. The van der Waals surface area contributed by atoms with E-state index in [1.807, 2.05) is 0 Å². The summed E-state index contributed by atoms with van der Waals surface area (Å²) in [5, 5.41) is 8.54. The van der Waals surface area contributed by atoms with Crippen LogP contribution >= 0.6 is 11.6 Å². The van der Waals surface area contributed by atoms with E-state index in [-0.39, 0.29) is 10.8 Å². The SMILES string of the molecule is COc1ccc(C(Cl)=CC#N)cc1F. The van der Waals surface area contributed by atoms with Crippen LogP contribution in [0.2, 0.25) is 0 Å². The van der Waals surface area contributed by atoms with Crippen molar-refractivity contribution in [2.45, 2.75) is 0 Å². The molecule has 72 valence electrons. The summed E-state index contributed by atoms with van der Waals surface area (Å²) in [6.45, 7) is 0. The standard InChI is InChI=1S/C10H7ClFNO/c1-14-10-3-2-7(6-9(10)12)8(11)4-5-13/h2-4,6H,1H3. The molecule has 0 fully saturated rings. The van der Waals surface area contributed by atoms with Crippen LogP contribution in [-0.4, -0.2) is 7.11 Å². The van der Waals surface area contributed by atoms with Crippen LogP contribution in [0.25, 0.3) is 5.03 Å². The van der Waals surface area contributed by atoms with E-state index in [4.69, 9.17) is 21.6 Å². The monoisotopic (exact) mass is 211 g/mol. The van der Waals surface area contributed by atoms with Gasteiger partial charge < -0.3 is 4.74 Å². The zero-order valence-electron chi connectivity index (χ0n) is 7.42. The number of nitrogens with zero attached hydrogens (tertiary/aromatic N) is 1. The van der Waals surface area contributed by atoms with E-state index in [0.717, 1.165) is 6.08 Å². The highest BCUT2D eigenvalue weighted by Crippen LogP contribution is 2.24. The van der Waals surface area contributed by atoms with Crippen molar-refractivity contribution in [3.05, 3.63) is 35.7 Å². The van der Waals surface area contributed by atoms with Gasteiger partial charge in [0.05, 0.1) is 18.2 Å². The summed E-state index contributed by atoms with van der Waals surface area (Å²) in [5.41, 5.74) is 0.450. The molecule has 0 saturated carbocycles. The normalized spacial score (nSPS) is 10.9. The molecule has 0 amide bonds. The second-order valence-corrected chi connectivity index (χ2v) is 2.88. The molecule has 0 N–H and O–H groups in total. The number of ether oxygens (including phenoxy) is 1. The van der Waals surface area contributed by atoms with E-state index in [1.165, 1.54) is 19.2 Å². The highest BCUT2D eigenvalue weighted by atomic mass is 35.5. The Kier molecular flexibility index (Phi) is 3.49. The molecular formula is C10H7ClFNO. The van der Waals surface area contributed by atoms with E-state index >= 15 is 0 Å². The van der Waals surface area contributed by atoms with Gasteiger partial charge >= 0.3 is 0 Å². The lowest BCUT2D eigenvalue weighted by atomic mass is 10.2. The highest BCUT2D eigenvalue weighted by molar-refractivity contribution is 6.48. The van der Waals surface area contributed by atoms with Gasteiger partial charge in [-0.25, -0.2) is 4.39 Å². The maximum atomic E-state index is 13.2. The van der Waals surface area contributed by atoms with Crippen molar-refractivity contribution in [3.63, 3.8) is 0 Å². The van der Waals surface area contributed by atoms with Gasteiger partial charge in [0.2, 0.25) is 0 Å². The summed E-state index contributed by atoms with van der Waals surface area (Å²) < 4.78 is 17.9. The van der Waals surface area contributed by atoms with Gasteiger partial charge in [0, 0.05) is 6.08 Å². The molecule has 4 heteroatoms. The molecule has 0 bridgehead atoms. The summed E-state index contributed by atoms with van der Waals surface area (Å²) in [6, 6.07) is 6.02. The molecule has 1 aromatic carbocycles. The van der Waals surface area contributed by atoms with Crippen LogP contribution < -0.4 is 4.74 Å². The minimum absolute atomic E-state index is 0.148. The van der Waals surface area contributed by atoms with Crippen LogP contribution in [0.3, 0.4) is 0 Å². The number of allylic oxidation sites excluding steroid dienone is 1. The first-order valence-corrected chi connectivity index (χ1v) is 4.16. The van der Waals surface area contributed by atoms with Gasteiger partial charge in [0.25, 0.3) is 0 Å². The number of rotatable bonds is 2. The Morgan fingerprint density at radius 1 is 1.64 bits per heavy atom. The predicted molar refractivity (Wildman–Crippen MR) is 52.4 cm³/mol. The smallest absolute Gasteiger partial charge is 0.165 e. The second kappa shape index (κ2) is 4.64. The lowest BCUT2D eigenvalue weighted by Gasteiger charge is -2.03. The molecule has 1 aromatic rings. The Morgan fingerprint density at radius 3 is 2.86 bits per heavy atom. The zero-order valence-corrected chi connectivity index (χ0v) is 8.18. The average Bonchev–Trinajstić information content (AvgIpc) is 2.18. The Hall–Kier alpha value is -1.53. The fourth-order valence-electron chi connectivity index (χ4n) is 0.955. The Bertz CT molecular complexity index is 409. The van der Waals surface area contributed by atoms with Crippen LogP contribution in [0.1, 0.15) is 5.56 Å². The molecule has 0 aliphatic rings. The van der Waals surface area contributed by atoms with Gasteiger partial charge in [0.15, 0.2) is 11.6 Å². The molecule has 0 atom stereocenters. The van der Waals surface area contributed by atoms with E-state index in [1.54, 1.807) is 12.1 Å². The molecule has 1 rings (SSSR count). The molecule has 0 saturated heterocycles. The maximum absolute atomic E-state index is 13.2. The van der Waals surface area contributed by atoms with E-state index < -0.39 is 5.82 Å². The third kappa shape index (κ3) is 2.24. The van der Waals surface area contributed by atoms with Crippen molar-refractivity contribution in [1.29, 1.82) is 5.26 Å². The number of benzene rings is 1. The van der Waals surface area contributed by atoms with Crippen molar-refractivity contribution >= 4 is 16.6 Å². The zero-order chi connectivity index (χ0) is 10.6. The van der Waals surface area contributed by atoms with Crippen molar-refractivity contribution < 1.29 is 9.13 Å². The molecule has 0 spiro atoms. The summed E-state index contributed by atoms with van der Waals surface area (Å²) in [4.78, 5) is 0. The fourth-order valence-corrected chi connectivity index (χ4v) is 1.12. The molecule has 0 radical (unpaired) electrons. The Morgan fingerprint density at radius 2 is 2.36 bits per heavy atom. The molecule has 2 nitrogen and oxygen atoms in total. The molecule has 0 aliphatic heterocycles. The summed E-state index contributed by atoms with van der Waals surface area (Å²) >= 11 is 5.70. The lowest BCUT2D eigenvalue weighted by molar-refractivity contribution is 0.386. The first-order chi connectivity index (χ1) is 6.69. The third-order valence-corrected chi connectivity index (χ3v) is 1.95. The van der Waals surface area contributed by atoms with Crippen molar-refractivity contribution in [3.8, 4) is 11.8 Å². The third-order valence-electron chi connectivity index (χ3n) is 1.62. The van der Waals surface area contributed by atoms with E-state index in [9.17, 15) is 4.39 Å². The average molecular weight is 212 g/mol. The number of hydrogen-bond donors (Lipinski definition) is 0. The largest absolute Gasteiger partial charge is 0.494 e. The van der Waals surface area contributed by atoms with Crippen molar-refractivity contribution in [1.82, 2.24) is 0 Å². The first kappa shape index (κ1) is 10.6. The van der Waals surface area contributed by atoms with Gasteiger partial charge in [-0.15, -0.1) is 0 Å². The topological polar surface area (TPSA) is 33.0 Å². The summed E-state index contributed by atoms with van der Waals surface area (Å²) in [7, 11) is 1.38. The second-order valence-electron chi connectivity index (χ2n) is 2.47. The molecule has 0 aromatic heterocycles. The number of methoxy groups -OCH3 is 1. The molecule has 0 aliphatic carbocycles. The minimum Gasteiger partial charge on any atom is -0.494 e. The van der Waals surface area contributed by atoms with Gasteiger partial charge in [-0.3, -0.25) is 0 Å². The lowest BCUT2D eigenvalue weighted by Crippen LogP contribution is -1.88. The van der Waals surface area contributed by atoms with Crippen LogP contribution in [0.4, 0.5) is 4.39 Å². The van der Waals surface area contributed by atoms with Crippen molar-refractivity contribution in [2.75, 3.05) is 7.11 Å². The minimum atomic E-state index is -0.505. The Labute approximate surface area is 86.2 Å². The van der Waals surface area contributed by atoms with Gasteiger partial charge in [0.1, 0.15) is 0 Å². The number of nitriles is 1. The molecular weight excluding hydrogens is 205 g/mol. The summed E-state index contributed by atoms with van der Waals surface area (Å²) in [6.07, 6.45) is 1.14. The number of hydrogen-bond acceptors (Lipinski definition) is 2. The number of halogens is 2. The van der Waals surface area contributed by atoms with Crippen LogP contribution in [-0.2, 0) is 0 Å². The predicted octanol–water partition coefficient (Wildman–Crippen LogP) is 2.94. The van der Waals surface area contributed by atoms with Crippen LogP contribution in [0.15, 0.2) is 24.3 Å². The Balaban J connectivity index is 3.10. The highest BCUT2D eigenvalue weighted by Gasteiger charge is 2.05. The first-order valence-electron chi connectivity index (χ1n) is 3.78. The van der Waals surface area contributed by atoms with E-state index in [2.05, 4.69) is 0 Å². The van der Waals surface area contributed by atoms with Crippen LogP contribution in [0.5, 0.6) is 5.75 Å². The quantitative estimate of drug-likeness (QED) is 0.705. The van der Waals surface area contributed by atoms with Gasteiger partial charge in [-0.05, 0) is 23.8 Å². The van der Waals surface area contributed by atoms with Crippen molar-refractivity contribution in [2.24, 2.45) is 0 Å². The van der Waals surface area contributed by atoms with Gasteiger partial charge in [-0.2, -0.15) is 5.26 Å².